The Labute approximate surface area is 155 Å². The summed E-state index contributed by atoms with van der Waals surface area (Å²) in [7, 11) is 0. The maximum Gasteiger partial charge on any atom is 0.263 e. The highest BCUT2D eigenvalue weighted by molar-refractivity contribution is 7.71. The predicted octanol–water partition coefficient (Wildman–Crippen LogP) is 3.86. The van der Waals surface area contributed by atoms with E-state index in [0.29, 0.717) is 11.3 Å². The van der Waals surface area contributed by atoms with E-state index in [9.17, 15) is 4.79 Å². The average molecular weight is 370 g/mol. The van der Waals surface area contributed by atoms with Crippen LogP contribution in [-0.2, 0) is 26.1 Å². The van der Waals surface area contributed by atoms with Crippen molar-refractivity contribution in [2.24, 2.45) is 0 Å². The normalized spacial score (nSPS) is 14.6. The van der Waals surface area contributed by atoms with Gasteiger partial charge in [-0.15, -0.1) is 17.9 Å². The third-order valence-corrected chi connectivity index (χ3v) is 6.08. The predicted molar refractivity (Wildman–Crippen MR) is 106 cm³/mol. The van der Waals surface area contributed by atoms with Gasteiger partial charge in [-0.3, -0.25) is 14.3 Å². The molecule has 3 aromatic rings. The maximum absolute atomic E-state index is 12.9. The third kappa shape index (κ3) is 3.01. The molecule has 128 valence electrons. The molecule has 3 heterocycles. The Morgan fingerprint density at radius 3 is 2.88 bits per heavy atom. The number of H-pyrrole nitrogens is 1. The Bertz CT molecular complexity index is 1050. The Morgan fingerprint density at radius 2 is 2.12 bits per heavy atom. The monoisotopic (exact) mass is 369 g/mol. The molecule has 25 heavy (non-hydrogen) atoms. The smallest absolute Gasteiger partial charge is 0.263 e. The van der Waals surface area contributed by atoms with E-state index >= 15 is 0 Å². The van der Waals surface area contributed by atoms with Crippen LogP contribution in [0.2, 0.25) is 0 Å². The van der Waals surface area contributed by atoms with Crippen molar-refractivity contribution in [2.45, 2.75) is 26.1 Å². The fourth-order valence-corrected chi connectivity index (χ4v) is 5.04. The highest BCUT2D eigenvalue weighted by Gasteiger charge is 2.23. The van der Waals surface area contributed by atoms with Crippen LogP contribution in [0.15, 0.2) is 47.8 Å². The number of aromatic nitrogens is 2. The van der Waals surface area contributed by atoms with Gasteiger partial charge >= 0.3 is 0 Å². The molecule has 0 amide bonds. The number of rotatable bonds is 4. The topological polar surface area (TPSA) is 41.0 Å². The number of thiophene rings is 1. The molecule has 0 spiro atoms. The first-order valence-electron chi connectivity index (χ1n) is 8.32. The zero-order valence-electron chi connectivity index (χ0n) is 13.8. The van der Waals surface area contributed by atoms with Gasteiger partial charge in [0.25, 0.3) is 5.56 Å². The van der Waals surface area contributed by atoms with Gasteiger partial charge in [-0.05, 0) is 29.8 Å². The van der Waals surface area contributed by atoms with Gasteiger partial charge < -0.3 is 4.98 Å². The van der Waals surface area contributed by atoms with Crippen molar-refractivity contribution in [3.05, 3.63) is 74.1 Å². The Hall–Kier alpha value is -2.02. The second-order valence-electron chi connectivity index (χ2n) is 6.29. The van der Waals surface area contributed by atoms with Gasteiger partial charge in [0, 0.05) is 31.1 Å². The van der Waals surface area contributed by atoms with Crippen LogP contribution in [-0.4, -0.2) is 21.0 Å². The van der Waals surface area contributed by atoms with Crippen LogP contribution in [0.1, 0.15) is 16.0 Å². The molecular formula is C19H19N3OS2. The molecule has 0 fully saturated rings. The second-order valence-corrected chi connectivity index (χ2v) is 7.78. The molecule has 0 radical (unpaired) electrons. The summed E-state index contributed by atoms with van der Waals surface area (Å²) < 4.78 is 2.06. The number of aromatic amines is 1. The molecule has 1 aliphatic rings. The van der Waals surface area contributed by atoms with Crippen molar-refractivity contribution < 1.29 is 0 Å². The number of hydrogen-bond donors (Lipinski definition) is 1. The summed E-state index contributed by atoms with van der Waals surface area (Å²) in [4.78, 5) is 20.7. The van der Waals surface area contributed by atoms with Crippen LogP contribution in [0.3, 0.4) is 0 Å². The molecule has 2 aromatic heterocycles. The minimum Gasteiger partial charge on any atom is -0.323 e. The fraction of sp³-hybridized carbons (Fsp3) is 0.263. The van der Waals surface area contributed by atoms with Crippen molar-refractivity contribution >= 4 is 33.8 Å². The van der Waals surface area contributed by atoms with Crippen LogP contribution in [0.25, 0.3) is 10.2 Å². The number of nitrogens with one attached hydrogen (secondary N) is 1. The molecule has 4 nitrogen and oxygen atoms in total. The van der Waals surface area contributed by atoms with Gasteiger partial charge in [-0.25, -0.2) is 0 Å². The molecular weight excluding hydrogens is 350 g/mol. The molecule has 0 unspecified atom stereocenters. The molecule has 1 N–H and O–H groups in total. The minimum absolute atomic E-state index is 0.00709. The van der Waals surface area contributed by atoms with Crippen LogP contribution < -0.4 is 5.56 Å². The maximum atomic E-state index is 12.9. The zero-order valence-corrected chi connectivity index (χ0v) is 15.5. The van der Waals surface area contributed by atoms with Gasteiger partial charge in [-0.2, -0.15) is 0 Å². The summed E-state index contributed by atoms with van der Waals surface area (Å²) in [6, 6.07) is 10.5. The number of nitrogens with zero attached hydrogens (tertiary/aromatic N) is 2. The molecule has 0 saturated heterocycles. The van der Waals surface area contributed by atoms with Gasteiger partial charge in [0.2, 0.25) is 0 Å². The molecule has 0 saturated carbocycles. The molecule has 1 aliphatic heterocycles. The first-order chi connectivity index (χ1) is 12.2. The van der Waals surface area contributed by atoms with Gasteiger partial charge in [0.05, 0.1) is 5.39 Å². The number of allylic oxidation sites excluding steroid dienone is 1. The lowest BCUT2D eigenvalue weighted by atomic mass is 10.0. The second kappa shape index (κ2) is 6.71. The molecule has 0 aliphatic carbocycles. The minimum atomic E-state index is 0.00709. The molecule has 4 rings (SSSR count). The van der Waals surface area contributed by atoms with E-state index in [1.165, 1.54) is 16.0 Å². The lowest BCUT2D eigenvalue weighted by Crippen LogP contribution is -2.30. The largest absolute Gasteiger partial charge is 0.323 e. The summed E-state index contributed by atoms with van der Waals surface area (Å²) in [6.45, 7) is 6.94. The lowest BCUT2D eigenvalue weighted by Gasteiger charge is -2.26. The fourth-order valence-electron chi connectivity index (χ4n) is 3.43. The summed E-state index contributed by atoms with van der Waals surface area (Å²) in [6.07, 6.45) is 2.60. The SMILES string of the molecule is C=CCn1c(=S)[nH]c2sc3c(c2c1=O)CCN(Cc1ccccc1)C3. The van der Waals surface area contributed by atoms with E-state index in [4.69, 9.17) is 12.2 Å². The quantitative estimate of drug-likeness (QED) is 0.561. The molecule has 0 atom stereocenters. The van der Waals surface area contributed by atoms with Gasteiger partial charge in [0.15, 0.2) is 4.77 Å². The zero-order chi connectivity index (χ0) is 17.4. The van der Waals surface area contributed by atoms with E-state index < -0.39 is 0 Å². The van der Waals surface area contributed by atoms with Crippen LogP contribution in [0.5, 0.6) is 0 Å². The molecule has 0 bridgehead atoms. The number of benzene rings is 1. The van der Waals surface area contributed by atoms with Crippen molar-refractivity contribution in [2.75, 3.05) is 6.54 Å². The van der Waals surface area contributed by atoms with Crippen LogP contribution in [0, 0.1) is 4.77 Å². The standard InChI is InChI=1S/C19H19N3OS2/c1-2-9-22-18(23)16-14-8-10-21(11-13-6-4-3-5-7-13)12-15(14)25-17(16)20-19(22)24/h2-7H,1,8-12H2,(H,20,24). The van der Waals surface area contributed by atoms with Crippen molar-refractivity contribution in [1.82, 2.24) is 14.5 Å². The van der Waals surface area contributed by atoms with Gasteiger partial charge in [0.1, 0.15) is 4.83 Å². The molecule has 6 heteroatoms. The van der Waals surface area contributed by atoms with Gasteiger partial charge in [-0.1, -0.05) is 36.4 Å². The Kier molecular flexibility index (Phi) is 4.41. The number of fused-ring (bicyclic) bond motifs is 3. The Morgan fingerprint density at radius 1 is 1.32 bits per heavy atom. The van der Waals surface area contributed by atoms with E-state index in [2.05, 4.69) is 40.7 Å². The summed E-state index contributed by atoms with van der Waals surface area (Å²) in [5, 5.41) is 0.815. The highest BCUT2D eigenvalue weighted by Crippen LogP contribution is 2.32. The van der Waals surface area contributed by atoms with E-state index in [1.54, 1.807) is 22.0 Å². The first-order valence-corrected chi connectivity index (χ1v) is 9.54. The van der Waals surface area contributed by atoms with Crippen molar-refractivity contribution in [1.29, 1.82) is 0 Å². The lowest BCUT2D eigenvalue weighted by molar-refractivity contribution is 0.249. The highest BCUT2D eigenvalue weighted by atomic mass is 32.1. The Balaban J connectivity index is 1.71. The first kappa shape index (κ1) is 16.4. The van der Waals surface area contributed by atoms with Crippen molar-refractivity contribution in [3.63, 3.8) is 0 Å². The number of hydrogen-bond acceptors (Lipinski definition) is 4. The summed E-state index contributed by atoms with van der Waals surface area (Å²) in [5.74, 6) is 0. The summed E-state index contributed by atoms with van der Waals surface area (Å²) in [5.41, 5.74) is 2.52. The average Bonchev–Trinajstić information content (AvgIpc) is 2.96. The van der Waals surface area contributed by atoms with E-state index in [0.717, 1.165) is 36.3 Å². The molecule has 1 aromatic carbocycles. The van der Waals surface area contributed by atoms with Crippen LogP contribution >= 0.6 is 23.6 Å². The van der Waals surface area contributed by atoms with Crippen molar-refractivity contribution in [3.8, 4) is 0 Å². The van der Waals surface area contributed by atoms with E-state index in [1.807, 2.05) is 6.07 Å². The third-order valence-electron chi connectivity index (χ3n) is 4.62. The summed E-state index contributed by atoms with van der Waals surface area (Å²) >= 11 is 7.00. The van der Waals surface area contributed by atoms with E-state index in [-0.39, 0.29) is 5.56 Å². The van der Waals surface area contributed by atoms with Crippen LogP contribution in [0.4, 0.5) is 0 Å².